The SMILES string of the molecule is N#CC1CN(S(=O)(=O)N2CCC[C@H](C(=O)N3CCC[C@@]3(C(N)=O)[C@@H](c3cc(F)c(Cl)cc3F)C3CNC3)C2)C1. The van der Waals surface area contributed by atoms with Crippen LogP contribution in [-0.2, 0) is 19.8 Å². The van der Waals surface area contributed by atoms with Crippen molar-refractivity contribution in [2.75, 3.05) is 45.8 Å². The first-order valence-corrected chi connectivity index (χ1v) is 14.9. The maximum absolute atomic E-state index is 15.3. The Kier molecular flexibility index (Phi) is 7.62. The first-order chi connectivity index (χ1) is 18.5. The van der Waals surface area contributed by atoms with E-state index in [0.29, 0.717) is 32.4 Å². The van der Waals surface area contributed by atoms with Gasteiger partial charge in [-0.15, -0.1) is 0 Å². The standard InChI is InChI=1S/C25H31ClF2N6O4S/c26-19-8-20(27)18(7-21(19)28)22(17-10-31-11-17)25(24(30)36)4-2-6-34(25)23(35)16-3-1-5-32(14-16)39(37,38)33-12-15(9-29)13-33/h7-8,15-17,22,31H,1-6,10-14H2,(H2,30,36)/t16-,22+,25-/m0/s1. The van der Waals surface area contributed by atoms with Crippen molar-refractivity contribution in [1.82, 2.24) is 18.8 Å². The van der Waals surface area contributed by atoms with Gasteiger partial charge in [0.1, 0.15) is 17.2 Å². The van der Waals surface area contributed by atoms with Crippen LogP contribution in [0.25, 0.3) is 0 Å². The summed E-state index contributed by atoms with van der Waals surface area (Å²) in [7, 11) is -3.84. The van der Waals surface area contributed by atoms with Gasteiger partial charge in [-0.3, -0.25) is 9.59 Å². The molecular formula is C25H31ClF2N6O4S. The largest absolute Gasteiger partial charge is 0.368 e. The van der Waals surface area contributed by atoms with E-state index in [-0.39, 0.29) is 61.6 Å². The molecule has 39 heavy (non-hydrogen) atoms. The summed E-state index contributed by atoms with van der Waals surface area (Å²) in [6, 6.07) is 3.91. The summed E-state index contributed by atoms with van der Waals surface area (Å²) in [6.45, 7) is 1.46. The molecule has 4 aliphatic heterocycles. The van der Waals surface area contributed by atoms with Crippen molar-refractivity contribution >= 4 is 33.6 Å². The van der Waals surface area contributed by atoms with Crippen LogP contribution in [0.2, 0.25) is 5.02 Å². The van der Waals surface area contributed by atoms with Crippen LogP contribution >= 0.6 is 11.6 Å². The molecule has 3 atom stereocenters. The van der Waals surface area contributed by atoms with Crippen molar-refractivity contribution in [1.29, 1.82) is 5.26 Å². The Morgan fingerprint density at radius 1 is 1.13 bits per heavy atom. The van der Waals surface area contributed by atoms with Crippen LogP contribution in [0, 0.1) is 40.7 Å². The molecule has 0 bridgehead atoms. The lowest BCUT2D eigenvalue weighted by atomic mass is 9.67. The number of benzene rings is 1. The smallest absolute Gasteiger partial charge is 0.282 e. The molecule has 4 aliphatic rings. The van der Waals surface area contributed by atoms with Gasteiger partial charge in [-0.05, 0) is 62.4 Å². The zero-order chi connectivity index (χ0) is 28.1. The van der Waals surface area contributed by atoms with Crippen molar-refractivity contribution in [2.45, 2.75) is 37.1 Å². The van der Waals surface area contributed by atoms with Gasteiger partial charge < -0.3 is 16.0 Å². The highest BCUT2D eigenvalue weighted by molar-refractivity contribution is 7.86. The van der Waals surface area contributed by atoms with E-state index in [2.05, 4.69) is 11.4 Å². The van der Waals surface area contributed by atoms with Gasteiger partial charge in [-0.25, -0.2) is 8.78 Å². The van der Waals surface area contributed by atoms with Crippen molar-refractivity contribution in [3.63, 3.8) is 0 Å². The third-order valence-corrected chi connectivity index (χ3v) is 10.9. The zero-order valence-electron chi connectivity index (χ0n) is 21.3. The molecule has 4 fully saturated rings. The summed E-state index contributed by atoms with van der Waals surface area (Å²) in [5, 5.41) is 11.7. The quantitative estimate of drug-likeness (QED) is 0.461. The van der Waals surface area contributed by atoms with Crippen molar-refractivity contribution in [2.24, 2.45) is 23.5 Å². The number of nitrogens with two attached hydrogens (primary N) is 1. The fourth-order valence-electron chi connectivity index (χ4n) is 6.55. The molecule has 2 amide bonds. The van der Waals surface area contributed by atoms with E-state index < -0.39 is 51.0 Å². The van der Waals surface area contributed by atoms with E-state index >= 15 is 4.39 Å². The number of hydrogen-bond acceptors (Lipinski definition) is 6. The number of amides is 2. The molecule has 0 unspecified atom stereocenters. The van der Waals surface area contributed by atoms with Gasteiger partial charge in [0.05, 0.1) is 22.9 Å². The number of halogens is 3. The minimum atomic E-state index is -3.84. The van der Waals surface area contributed by atoms with Crippen molar-refractivity contribution in [3.05, 3.63) is 34.4 Å². The predicted octanol–water partition coefficient (Wildman–Crippen LogP) is 1.18. The molecule has 0 aliphatic carbocycles. The number of nitrogens with zero attached hydrogens (tertiary/aromatic N) is 4. The van der Waals surface area contributed by atoms with Crippen LogP contribution in [0.4, 0.5) is 8.78 Å². The summed E-state index contributed by atoms with van der Waals surface area (Å²) in [6.07, 6.45) is 1.46. The van der Waals surface area contributed by atoms with E-state index in [1.807, 2.05) is 0 Å². The molecule has 0 radical (unpaired) electrons. The van der Waals surface area contributed by atoms with E-state index in [1.165, 1.54) is 13.5 Å². The molecule has 0 saturated carbocycles. The average molecular weight is 585 g/mol. The van der Waals surface area contributed by atoms with Gasteiger partial charge in [0, 0.05) is 38.6 Å². The molecule has 1 aromatic rings. The van der Waals surface area contributed by atoms with Gasteiger partial charge in [-0.1, -0.05) is 11.6 Å². The monoisotopic (exact) mass is 584 g/mol. The maximum Gasteiger partial charge on any atom is 0.282 e. The molecule has 10 nitrogen and oxygen atoms in total. The molecule has 5 rings (SSSR count). The summed E-state index contributed by atoms with van der Waals surface area (Å²) in [4.78, 5) is 28.7. The number of nitriles is 1. The minimum absolute atomic E-state index is 0.0559. The lowest BCUT2D eigenvalue weighted by Gasteiger charge is -2.49. The fourth-order valence-corrected chi connectivity index (χ4v) is 8.49. The number of rotatable bonds is 7. The second-order valence-corrected chi connectivity index (χ2v) is 13.2. The maximum atomic E-state index is 15.3. The van der Waals surface area contributed by atoms with Crippen LogP contribution in [0.3, 0.4) is 0 Å². The van der Waals surface area contributed by atoms with E-state index in [1.54, 1.807) is 0 Å². The molecule has 4 heterocycles. The second-order valence-electron chi connectivity index (χ2n) is 10.9. The highest BCUT2D eigenvalue weighted by atomic mass is 35.5. The van der Waals surface area contributed by atoms with Gasteiger partial charge in [-0.2, -0.15) is 22.3 Å². The Balaban J connectivity index is 1.46. The molecule has 14 heteroatoms. The Morgan fingerprint density at radius 2 is 1.85 bits per heavy atom. The topological polar surface area (TPSA) is 140 Å². The van der Waals surface area contributed by atoms with Crippen molar-refractivity contribution < 1.29 is 26.8 Å². The zero-order valence-corrected chi connectivity index (χ0v) is 22.9. The third-order valence-electron chi connectivity index (χ3n) is 8.70. The minimum Gasteiger partial charge on any atom is -0.368 e. The van der Waals surface area contributed by atoms with Crippen molar-refractivity contribution in [3.8, 4) is 6.07 Å². The summed E-state index contributed by atoms with van der Waals surface area (Å²) < 4.78 is 58.6. The Hall–Kier alpha value is -2.37. The normalized spacial score (nSPS) is 27.9. The van der Waals surface area contributed by atoms with Crippen LogP contribution in [0.5, 0.6) is 0 Å². The number of carbonyl (C=O) groups excluding carboxylic acids is 2. The number of piperidine rings is 1. The summed E-state index contributed by atoms with van der Waals surface area (Å²) >= 11 is 5.80. The lowest BCUT2D eigenvalue weighted by Crippen LogP contribution is -2.65. The van der Waals surface area contributed by atoms with E-state index in [0.717, 1.165) is 12.1 Å². The van der Waals surface area contributed by atoms with Crippen LogP contribution in [0.1, 0.15) is 37.2 Å². The molecule has 1 aromatic carbocycles. The summed E-state index contributed by atoms with van der Waals surface area (Å²) in [5.41, 5.74) is 4.35. The highest BCUT2D eigenvalue weighted by Gasteiger charge is 2.58. The van der Waals surface area contributed by atoms with Crippen LogP contribution in [0.15, 0.2) is 12.1 Å². The number of hydrogen-bond donors (Lipinski definition) is 2. The van der Waals surface area contributed by atoms with Gasteiger partial charge in [0.2, 0.25) is 11.8 Å². The first-order valence-electron chi connectivity index (χ1n) is 13.1. The van der Waals surface area contributed by atoms with Gasteiger partial charge in [0.25, 0.3) is 10.2 Å². The molecule has 3 N–H and O–H groups in total. The van der Waals surface area contributed by atoms with Gasteiger partial charge >= 0.3 is 0 Å². The van der Waals surface area contributed by atoms with E-state index in [4.69, 9.17) is 22.6 Å². The Bertz CT molecular complexity index is 1320. The van der Waals surface area contributed by atoms with Crippen LogP contribution < -0.4 is 11.1 Å². The Labute approximate surface area is 231 Å². The summed E-state index contributed by atoms with van der Waals surface area (Å²) in [5.74, 6) is -5.12. The molecule has 212 valence electrons. The lowest BCUT2D eigenvalue weighted by molar-refractivity contribution is -0.150. The van der Waals surface area contributed by atoms with Gasteiger partial charge in [0.15, 0.2) is 0 Å². The molecule has 0 spiro atoms. The highest BCUT2D eigenvalue weighted by Crippen LogP contribution is 2.48. The number of likely N-dealkylation sites (tertiary alicyclic amines) is 1. The number of primary amides is 1. The first kappa shape index (κ1) is 28.2. The second kappa shape index (κ2) is 10.6. The van der Waals surface area contributed by atoms with E-state index in [9.17, 15) is 22.4 Å². The molecule has 4 saturated heterocycles. The molecular weight excluding hydrogens is 554 g/mol. The fraction of sp³-hybridized carbons (Fsp3) is 0.640. The number of nitrogens with one attached hydrogen (secondary N) is 1. The van der Waals surface area contributed by atoms with Crippen LogP contribution in [-0.4, -0.2) is 85.1 Å². The molecule has 0 aromatic heterocycles. The average Bonchev–Trinajstić information content (AvgIpc) is 3.28. The number of carbonyl (C=O) groups is 2. The predicted molar refractivity (Wildman–Crippen MR) is 137 cm³/mol. The Morgan fingerprint density at radius 3 is 2.46 bits per heavy atom. The third kappa shape index (κ3) is 4.70.